The van der Waals surface area contributed by atoms with Gasteiger partial charge in [0.1, 0.15) is 11.5 Å². The first-order valence-electron chi connectivity index (χ1n) is 11.4. The molecule has 0 unspecified atom stereocenters. The number of carbonyl (C=O) groups excluding carboxylic acids is 3. The number of ether oxygens (including phenoxy) is 2. The second kappa shape index (κ2) is 9.96. The number of ketones is 1. The fraction of sp³-hybridized carbons (Fsp3) is 0.250. The second-order valence-electron chi connectivity index (χ2n) is 8.59. The minimum atomic E-state index is -1.41. The molecule has 1 saturated heterocycles. The molecule has 1 heterocycles. The zero-order valence-electron chi connectivity index (χ0n) is 20.1. The van der Waals surface area contributed by atoms with Crippen molar-refractivity contribution in [3.63, 3.8) is 0 Å². The molecule has 3 aromatic rings. The van der Waals surface area contributed by atoms with Gasteiger partial charge in [0.2, 0.25) is 5.60 Å². The van der Waals surface area contributed by atoms with Crippen LogP contribution in [0, 0.1) is 6.92 Å². The average Bonchev–Trinajstić information content (AvgIpc) is 3.12. The SMILES string of the molecule is CCCc1cc(C(=O)c2ccc(SC)cc2C)ccc1Oc1cccc([C@@]2(C)OC(=O)NC2=O)c1. The van der Waals surface area contributed by atoms with E-state index in [1.54, 1.807) is 55.1 Å². The predicted octanol–water partition coefficient (Wildman–Crippen LogP) is 6.17. The van der Waals surface area contributed by atoms with Crippen molar-refractivity contribution in [2.75, 3.05) is 6.26 Å². The van der Waals surface area contributed by atoms with E-state index in [0.717, 1.165) is 28.9 Å². The monoisotopic (exact) mass is 489 g/mol. The van der Waals surface area contributed by atoms with Gasteiger partial charge in [-0.25, -0.2) is 4.79 Å². The van der Waals surface area contributed by atoms with Crippen molar-refractivity contribution in [2.24, 2.45) is 0 Å². The quantitative estimate of drug-likeness (QED) is 0.301. The molecule has 3 aromatic carbocycles. The summed E-state index contributed by atoms with van der Waals surface area (Å²) in [6.45, 7) is 5.56. The van der Waals surface area contributed by atoms with Gasteiger partial charge in [-0.05, 0) is 86.2 Å². The molecule has 0 bridgehead atoms. The van der Waals surface area contributed by atoms with Crippen LogP contribution in [-0.4, -0.2) is 24.0 Å². The van der Waals surface area contributed by atoms with Crippen molar-refractivity contribution in [2.45, 2.75) is 44.1 Å². The second-order valence-corrected chi connectivity index (χ2v) is 9.47. The third-order valence-corrected chi connectivity index (χ3v) is 6.80. The number of nitrogens with one attached hydrogen (secondary N) is 1. The van der Waals surface area contributed by atoms with Crippen molar-refractivity contribution in [1.29, 1.82) is 0 Å². The number of cyclic esters (lactones) is 1. The number of alkyl carbamates (subject to hydrolysis) is 1. The van der Waals surface area contributed by atoms with Crippen LogP contribution in [0.5, 0.6) is 11.5 Å². The van der Waals surface area contributed by atoms with Crippen LogP contribution in [0.2, 0.25) is 0 Å². The molecule has 4 rings (SSSR count). The molecular weight excluding hydrogens is 462 g/mol. The Kier molecular flexibility index (Phi) is 6.98. The number of rotatable bonds is 8. The molecule has 0 saturated carbocycles. The van der Waals surface area contributed by atoms with Crippen LogP contribution in [0.25, 0.3) is 0 Å². The Balaban J connectivity index is 1.63. The van der Waals surface area contributed by atoms with Crippen molar-refractivity contribution in [3.8, 4) is 11.5 Å². The lowest BCUT2D eigenvalue weighted by Gasteiger charge is -2.20. The van der Waals surface area contributed by atoms with Gasteiger partial charge < -0.3 is 9.47 Å². The molecule has 6 nitrogen and oxygen atoms in total. The summed E-state index contributed by atoms with van der Waals surface area (Å²) in [6, 6.07) is 18.2. The van der Waals surface area contributed by atoms with Crippen LogP contribution in [0.3, 0.4) is 0 Å². The first kappa shape index (κ1) is 24.5. The zero-order valence-corrected chi connectivity index (χ0v) is 21.0. The highest BCUT2D eigenvalue weighted by atomic mass is 32.2. The maximum atomic E-state index is 13.3. The number of amides is 2. The minimum Gasteiger partial charge on any atom is -0.457 e. The molecule has 0 spiro atoms. The van der Waals surface area contributed by atoms with Gasteiger partial charge in [-0.2, -0.15) is 0 Å². The molecule has 0 aliphatic carbocycles. The molecule has 1 aliphatic rings. The highest BCUT2D eigenvalue weighted by Crippen LogP contribution is 2.34. The number of carbonyl (C=O) groups is 3. The highest BCUT2D eigenvalue weighted by Gasteiger charge is 2.46. The zero-order chi connectivity index (χ0) is 25.2. The maximum absolute atomic E-state index is 13.3. The molecule has 7 heteroatoms. The smallest absolute Gasteiger partial charge is 0.415 e. The molecule has 180 valence electrons. The molecule has 0 aromatic heterocycles. The number of imide groups is 1. The summed E-state index contributed by atoms with van der Waals surface area (Å²) in [5.41, 5.74) is 2.25. The lowest BCUT2D eigenvalue weighted by atomic mass is 9.95. The molecule has 1 fully saturated rings. The molecule has 2 amide bonds. The fourth-order valence-corrected chi connectivity index (χ4v) is 4.60. The van der Waals surface area contributed by atoms with Gasteiger partial charge in [-0.1, -0.05) is 25.5 Å². The van der Waals surface area contributed by atoms with Gasteiger partial charge in [0.05, 0.1) is 0 Å². The van der Waals surface area contributed by atoms with Crippen LogP contribution in [0.4, 0.5) is 4.79 Å². The van der Waals surface area contributed by atoms with Gasteiger partial charge in [0, 0.05) is 21.6 Å². The van der Waals surface area contributed by atoms with Crippen molar-refractivity contribution in [1.82, 2.24) is 5.32 Å². The highest BCUT2D eigenvalue weighted by molar-refractivity contribution is 7.98. The first-order valence-corrected chi connectivity index (χ1v) is 12.6. The van der Waals surface area contributed by atoms with Gasteiger partial charge in [0.25, 0.3) is 5.91 Å². The third-order valence-electron chi connectivity index (χ3n) is 6.08. The van der Waals surface area contributed by atoms with E-state index in [1.165, 1.54) is 0 Å². The largest absolute Gasteiger partial charge is 0.457 e. The Labute approximate surface area is 209 Å². The number of hydrogen-bond donors (Lipinski definition) is 1. The summed E-state index contributed by atoms with van der Waals surface area (Å²) in [5, 5.41) is 2.17. The van der Waals surface area contributed by atoms with E-state index in [2.05, 4.69) is 12.2 Å². The van der Waals surface area contributed by atoms with E-state index in [9.17, 15) is 14.4 Å². The van der Waals surface area contributed by atoms with E-state index in [1.807, 2.05) is 37.4 Å². The summed E-state index contributed by atoms with van der Waals surface area (Å²) in [6.07, 6.45) is 2.85. The van der Waals surface area contributed by atoms with Crippen molar-refractivity contribution < 1.29 is 23.9 Å². The lowest BCUT2D eigenvalue weighted by Crippen LogP contribution is -2.33. The Morgan fingerprint density at radius 2 is 1.89 bits per heavy atom. The number of thioether (sulfide) groups is 1. The van der Waals surface area contributed by atoms with Crippen LogP contribution in [-0.2, 0) is 21.6 Å². The van der Waals surface area contributed by atoms with E-state index in [4.69, 9.17) is 9.47 Å². The summed E-state index contributed by atoms with van der Waals surface area (Å²) in [4.78, 5) is 38.2. The normalized spacial score (nSPS) is 17.1. The number of aryl methyl sites for hydroxylation is 2. The maximum Gasteiger partial charge on any atom is 0.415 e. The Morgan fingerprint density at radius 3 is 2.54 bits per heavy atom. The standard InChI is InChI=1S/C28H27NO5S/c1-5-7-18-15-19(25(30)23-12-11-22(35-4)14-17(23)2)10-13-24(18)33-21-9-6-8-20(16-21)28(3)26(31)29-27(32)34-28/h6,8-16H,5,7H2,1-4H3,(H,29,31,32)/t28-/m1/s1. The minimum absolute atomic E-state index is 0.0250. The molecule has 1 atom stereocenters. The van der Waals surface area contributed by atoms with Gasteiger partial charge in [-0.15, -0.1) is 11.8 Å². The molecule has 35 heavy (non-hydrogen) atoms. The molecular formula is C28H27NO5S. The van der Waals surface area contributed by atoms with E-state index >= 15 is 0 Å². The van der Waals surface area contributed by atoms with Crippen LogP contribution < -0.4 is 10.1 Å². The van der Waals surface area contributed by atoms with E-state index in [-0.39, 0.29) is 5.78 Å². The van der Waals surface area contributed by atoms with Crippen LogP contribution in [0.1, 0.15) is 52.9 Å². The first-order chi connectivity index (χ1) is 16.7. The van der Waals surface area contributed by atoms with E-state index in [0.29, 0.717) is 28.2 Å². The third kappa shape index (κ3) is 4.95. The average molecular weight is 490 g/mol. The van der Waals surface area contributed by atoms with Crippen molar-refractivity contribution in [3.05, 3.63) is 88.5 Å². The lowest BCUT2D eigenvalue weighted by molar-refractivity contribution is -0.130. The van der Waals surface area contributed by atoms with Gasteiger partial charge in [-0.3, -0.25) is 14.9 Å². The summed E-state index contributed by atoms with van der Waals surface area (Å²) < 4.78 is 11.4. The molecule has 1 N–H and O–H groups in total. The topological polar surface area (TPSA) is 81.7 Å². The number of hydrogen-bond acceptors (Lipinski definition) is 6. The Morgan fingerprint density at radius 1 is 1.09 bits per heavy atom. The van der Waals surface area contributed by atoms with Crippen molar-refractivity contribution >= 4 is 29.5 Å². The molecule has 0 radical (unpaired) electrons. The number of benzene rings is 3. The van der Waals surface area contributed by atoms with E-state index < -0.39 is 17.6 Å². The summed E-state index contributed by atoms with van der Waals surface area (Å²) in [7, 11) is 0. The Hall–Kier alpha value is -3.58. The fourth-order valence-electron chi connectivity index (χ4n) is 4.10. The van der Waals surface area contributed by atoms with Crippen LogP contribution >= 0.6 is 11.8 Å². The summed E-state index contributed by atoms with van der Waals surface area (Å²) >= 11 is 1.65. The Bertz CT molecular complexity index is 1320. The van der Waals surface area contributed by atoms with Crippen LogP contribution in [0.15, 0.2) is 65.6 Å². The van der Waals surface area contributed by atoms with Gasteiger partial charge >= 0.3 is 6.09 Å². The predicted molar refractivity (Wildman–Crippen MR) is 135 cm³/mol. The van der Waals surface area contributed by atoms with Gasteiger partial charge in [0.15, 0.2) is 5.78 Å². The molecule has 1 aliphatic heterocycles. The summed E-state index contributed by atoms with van der Waals surface area (Å²) in [5.74, 6) is 0.588.